The van der Waals surface area contributed by atoms with Crippen LogP contribution in [-0.4, -0.2) is 22.9 Å². The van der Waals surface area contributed by atoms with E-state index in [4.69, 9.17) is 4.42 Å². The van der Waals surface area contributed by atoms with Crippen molar-refractivity contribution >= 4 is 17.3 Å². The summed E-state index contributed by atoms with van der Waals surface area (Å²) in [5.41, 5.74) is 3.45. The second-order valence-corrected chi connectivity index (χ2v) is 8.75. The minimum absolute atomic E-state index is 0.0191. The molecule has 0 bridgehead atoms. The number of aryl methyl sites for hydroxylation is 1. The highest BCUT2D eigenvalue weighted by molar-refractivity contribution is 6.10. The molecule has 1 aliphatic heterocycles. The third-order valence-electron chi connectivity index (χ3n) is 5.90. The summed E-state index contributed by atoms with van der Waals surface area (Å²) < 4.78 is 19.7. The maximum absolute atomic E-state index is 13.7. The molecule has 5 nitrogen and oxygen atoms in total. The number of oxime groups is 1. The van der Waals surface area contributed by atoms with Gasteiger partial charge in [0.25, 0.3) is 5.91 Å². The van der Waals surface area contributed by atoms with Gasteiger partial charge in [0.2, 0.25) is 0 Å². The maximum atomic E-state index is 13.7. The van der Waals surface area contributed by atoms with E-state index in [0.717, 1.165) is 29.7 Å². The lowest BCUT2D eigenvalue weighted by Gasteiger charge is -2.34. The van der Waals surface area contributed by atoms with E-state index in [1.807, 2.05) is 13.8 Å². The number of carbonyl (C=O) groups excluding carboxylic acids is 1. The molecule has 2 aliphatic rings. The van der Waals surface area contributed by atoms with Gasteiger partial charge in [-0.2, -0.15) is 0 Å². The van der Waals surface area contributed by atoms with Crippen molar-refractivity contribution in [3.8, 4) is 0 Å². The first-order chi connectivity index (χ1) is 13.2. The van der Waals surface area contributed by atoms with Crippen LogP contribution in [0.4, 0.5) is 10.1 Å². The maximum Gasteiger partial charge on any atom is 0.294 e. The Kier molecular flexibility index (Phi) is 4.32. The van der Waals surface area contributed by atoms with Gasteiger partial charge in [0.1, 0.15) is 11.6 Å². The lowest BCUT2D eigenvalue weighted by atomic mass is 9.75. The third-order valence-corrected chi connectivity index (χ3v) is 5.90. The van der Waals surface area contributed by atoms with Crippen LogP contribution < -0.4 is 4.90 Å². The highest BCUT2D eigenvalue weighted by Gasteiger charge is 2.38. The number of anilines is 1. The molecule has 1 aliphatic carbocycles. The molecular formula is C22H25FN2O3. The molecule has 0 saturated carbocycles. The van der Waals surface area contributed by atoms with Crippen molar-refractivity contribution in [2.45, 2.75) is 59.4 Å². The van der Waals surface area contributed by atoms with Gasteiger partial charge in [-0.15, -0.1) is 0 Å². The zero-order valence-corrected chi connectivity index (χ0v) is 16.7. The van der Waals surface area contributed by atoms with E-state index in [1.165, 1.54) is 12.1 Å². The van der Waals surface area contributed by atoms with Gasteiger partial charge in [-0.25, -0.2) is 4.39 Å². The van der Waals surface area contributed by atoms with Crippen molar-refractivity contribution < 1.29 is 18.8 Å². The van der Waals surface area contributed by atoms with Crippen molar-refractivity contribution in [2.75, 3.05) is 4.90 Å². The Morgan fingerprint density at radius 1 is 1.36 bits per heavy atom. The Bertz CT molecular complexity index is 990. The number of benzene rings is 1. The first kappa shape index (κ1) is 18.7. The van der Waals surface area contributed by atoms with Crippen molar-refractivity contribution in [1.29, 1.82) is 0 Å². The Labute approximate surface area is 163 Å². The number of amides is 1. The number of furan rings is 1. The number of halogens is 1. The SMILES string of the molecule is Cc1c(C(=O)N2c3ccc(F)cc3CCC2C)oc2c1/C(=N\O)CC(C)(C)C2. The van der Waals surface area contributed by atoms with Gasteiger partial charge >= 0.3 is 0 Å². The van der Waals surface area contributed by atoms with Crippen molar-refractivity contribution in [2.24, 2.45) is 10.6 Å². The zero-order valence-electron chi connectivity index (χ0n) is 16.7. The van der Waals surface area contributed by atoms with E-state index in [2.05, 4.69) is 19.0 Å². The van der Waals surface area contributed by atoms with E-state index in [9.17, 15) is 14.4 Å². The van der Waals surface area contributed by atoms with Crippen molar-refractivity contribution in [3.05, 3.63) is 52.2 Å². The topological polar surface area (TPSA) is 66.0 Å². The van der Waals surface area contributed by atoms with Crippen LogP contribution >= 0.6 is 0 Å². The standard InChI is InChI=1S/C22H25FN2O3/c1-12-5-6-14-9-15(23)7-8-17(14)25(12)21(26)20-13(2)19-16(24-27)10-22(3,4)11-18(19)28-20/h7-9,12,27H,5-6,10-11H2,1-4H3/b24-16-. The smallest absolute Gasteiger partial charge is 0.294 e. The molecule has 6 heteroatoms. The summed E-state index contributed by atoms with van der Waals surface area (Å²) in [5.74, 6) is 0.431. The molecule has 1 unspecified atom stereocenters. The molecule has 1 N–H and O–H groups in total. The van der Waals surface area contributed by atoms with Gasteiger partial charge in [-0.3, -0.25) is 4.79 Å². The quantitative estimate of drug-likeness (QED) is 0.564. The predicted octanol–water partition coefficient (Wildman–Crippen LogP) is 4.86. The minimum Gasteiger partial charge on any atom is -0.455 e. The van der Waals surface area contributed by atoms with Crippen LogP contribution in [0.25, 0.3) is 0 Å². The van der Waals surface area contributed by atoms with Gasteiger partial charge in [-0.05, 0) is 62.3 Å². The first-order valence-corrected chi connectivity index (χ1v) is 9.67. The van der Waals surface area contributed by atoms with Gasteiger partial charge in [0.15, 0.2) is 5.76 Å². The summed E-state index contributed by atoms with van der Waals surface area (Å²) in [6.45, 7) is 7.99. The van der Waals surface area contributed by atoms with Gasteiger partial charge in [-0.1, -0.05) is 19.0 Å². The summed E-state index contributed by atoms with van der Waals surface area (Å²) >= 11 is 0. The number of rotatable bonds is 1. The molecule has 1 amide bonds. The Morgan fingerprint density at radius 2 is 2.11 bits per heavy atom. The van der Waals surface area contributed by atoms with Crippen LogP contribution in [-0.2, 0) is 12.8 Å². The second-order valence-electron chi connectivity index (χ2n) is 8.75. The normalized spacial score (nSPS) is 22.1. The largest absolute Gasteiger partial charge is 0.455 e. The first-order valence-electron chi connectivity index (χ1n) is 9.67. The van der Waals surface area contributed by atoms with Crippen molar-refractivity contribution in [1.82, 2.24) is 0 Å². The van der Waals surface area contributed by atoms with Crippen molar-refractivity contribution in [3.63, 3.8) is 0 Å². The fourth-order valence-corrected chi connectivity index (χ4v) is 4.54. The van der Waals surface area contributed by atoms with E-state index >= 15 is 0 Å². The van der Waals surface area contributed by atoms with Crippen LogP contribution in [0.2, 0.25) is 0 Å². The Morgan fingerprint density at radius 3 is 2.82 bits per heavy atom. The highest BCUT2D eigenvalue weighted by atomic mass is 19.1. The Balaban J connectivity index is 1.80. The molecule has 1 aromatic carbocycles. The van der Waals surface area contributed by atoms with Crippen LogP contribution in [0.15, 0.2) is 27.8 Å². The van der Waals surface area contributed by atoms with E-state index in [1.54, 1.807) is 11.0 Å². The molecule has 28 heavy (non-hydrogen) atoms. The summed E-state index contributed by atoms with van der Waals surface area (Å²) in [4.78, 5) is 15.2. The highest BCUT2D eigenvalue weighted by Crippen LogP contribution is 2.40. The molecule has 1 aromatic heterocycles. The number of fused-ring (bicyclic) bond motifs is 2. The molecule has 0 saturated heterocycles. The molecule has 0 fully saturated rings. The molecule has 0 radical (unpaired) electrons. The third kappa shape index (κ3) is 2.91. The van der Waals surface area contributed by atoms with Crippen LogP contribution in [0, 0.1) is 18.2 Å². The molecule has 4 rings (SSSR count). The summed E-state index contributed by atoms with van der Waals surface area (Å²) in [5, 5.41) is 13.0. The lowest BCUT2D eigenvalue weighted by Crippen LogP contribution is -2.42. The molecular weight excluding hydrogens is 359 g/mol. The predicted molar refractivity (Wildman–Crippen MR) is 105 cm³/mol. The number of carbonyl (C=O) groups is 1. The average Bonchev–Trinajstić information content (AvgIpc) is 2.95. The summed E-state index contributed by atoms with van der Waals surface area (Å²) in [6, 6.07) is 4.53. The van der Waals surface area contributed by atoms with Crippen LogP contribution in [0.1, 0.15) is 66.6 Å². The zero-order chi connectivity index (χ0) is 20.2. The fourth-order valence-electron chi connectivity index (χ4n) is 4.54. The monoisotopic (exact) mass is 384 g/mol. The molecule has 148 valence electrons. The average molecular weight is 384 g/mol. The van der Waals surface area contributed by atoms with Gasteiger partial charge in [0, 0.05) is 29.3 Å². The summed E-state index contributed by atoms with van der Waals surface area (Å²) in [7, 11) is 0. The molecule has 0 spiro atoms. The second kappa shape index (κ2) is 6.47. The molecule has 1 atom stereocenters. The minimum atomic E-state index is -0.295. The number of hydrogen-bond acceptors (Lipinski definition) is 4. The summed E-state index contributed by atoms with van der Waals surface area (Å²) in [6.07, 6.45) is 2.79. The number of hydrogen-bond donors (Lipinski definition) is 1. The van der Waals surface area contributed by atoms with Crippen LogP contribution in [0.5, 0.6) is 0 Å². The van der Waals surface area contributed by atoms with E-state index in [0.29, 0.717) is 29.9 Å². The molecule has 2 aromatic rings. The number of nitrogens with zero attached hydrogens (tertiary/aromatic N) is 2. The van der Waals surface area contributed by atoms with Gasteiger partial charge in [0.05, 0.1) is 5.71 Å². The van der Waals surface area contributed by atoms with E-state index < -0.39 is 0 Å². The fraction of sp³-hybridized carbons (Fsp3) is 0.455. The van der Waals surface area contributed by atoms with E-state index in [-0.39, 0.29) is 28.9 Å². The molecule has 2 heterocycles. The van der Waals surface area contributed by atoms with Crippen LogP contribution in [0.3, 0.4) is 0 Å². The van der Waals surface area contributed by atoms with Gasteiger partial charge < -0.3 is 14.5 Å². The Hall–Kier alpha value is -2.63. The lowest BCUT2D eigenvalue weighted by molar-refractivity contribution is 0.0944.